The van der Waals surface area contributed by atoms with Gasteiger partial charge >= 0.3 is 0 Å². The lowest BCUT2D eigenvalue weighted by molar-refractivity contribution is -0.0770. The van der Waals surface area contributed by atoms with E-state index in [-0.39, 0.29) is 6.10 Å². The molecule has 0 unspecified atom stereocenters. The number of hydrogen-bond donors (Lipinski definition) is 0. The molecular formula is C18H36Cl2O2. The van der Waals surface area contributed by atoms with Crippen molar-refractivity contribution in [2.45, 2.75) is 90.1 Å². The van der Waals surface area contributed by atoms with Crippen molar-refractivity contribution >= 4 is 23.2 Å². The number of ether oxygens (including phenoxy) is 2. The van der Waals surface area contributed by atoms with Gasteiger partial charge < -0.3 is 9.47 Å². The van der Waals surface area contributed by atoms with E-state index in [0.29, 0.717) is 18.6 Å². The van der Waals surface area contributed by atoms with Crippen molar-refractivity contribution < 1.29 is 9.47 Å². The van der Waals surface area contributed by atoms with Gasteiger partial charge in [-0.15, -0.1) is 23.2 Å². The lowest BCUT2D eigenvalue weighted by Crippen LogP contribution is -2.18. The molecule has 0 aliphatic carbocycles. The van der Waals surface area contributed by atoms with Crippen molar-refractivity contribution in [2.24, 2.45) is 0 Å². The van der Waals surface area contributed by atoms with Crippen LogP contribution in [0.25, 0.3) is 0 Å². The SMILES string of the molecule is CCCCCCCCCCCCCCOCOC(CCl)CCl. The average Bonchev–Trinajstić information content (AvgIpc) is 2.55. The van der Waals surface area contributed by atoms with Crippen LogP contribution in [-0.4, -0.2) is 31.3 Å². The first-order valence-corrected chi connectivity index (χ1v) is 10.2. The molecule has 4 heteroatoms. The van der Waals surface area contributed by atoms with E-state index >= 15 is 0 Å². The monoisotopic (exact) mass is 354 g/mol. The molecule has 134 valence electrons. The van der Waals surface area contributed by atoms with Crippen LogP contribution in [0, 0.1) is 0 Å². The Morgan fingerprint density at radius 1 is 0.682 bits per heavy atom. The summed E-state index contributed by atoms with van der Waals surface area (Å²) in [6, 6.07) is 0. The van der Waals surface area contributed by atoms with E-state index < -0.39 is 0 Å². The van der Waals surface area contributed by atoms with Crippen molar-refractivity contribution in [1.29, 1.82) is 0 Å². The first kappa shape index (κ1) is 22.5. The van der Waals surface area contributed by atoms with Gasteiger partial charge in [0.2, 0.25) is 0 Å². The summed E-state index contributed by atoms with van der Waals surface area (Å²) < 4.78 is 10.8. The average molecular weight is 355 g/mol. The smallest absolute Gasteiger partial charge is 0.147 e. The van der Waals surface area contributed by atoms with Gasteiger partial charge in [-0.05, 0) is 6.42 Å². The van der Waals surface area contributed by atoms with Crippen LogP contribution >= 0.6 is 23.2 Å². The standard InChI is InChI=1S/C18H36Cl2O2/c1-2-3-4-5-6-7-8-9-10-11-12-13-14-21-17-22-18(15-19)16-20/h18H,2-17H2,1H3. The lowest BCUT2D eigenvalue weighted by Gasteiger charge is -2.11. The van der Waals surface area contributed by atoms with Gasteiger partial charge in [0, 0.05) is 18.4 Å². The number of halogens is 2. The van der Waals surface area contributed by atoms with Gasteiger partial charge in [0.25, 0.3) is 0 Å². The Bertz CT molecular complexity index is 200. The van der Waals surface area contributed by atoms with Crippen LogP contribution in [0.4, 0.5) is 0 Å². The largest absolute Gasteiger partial charge is 0.355 e. The summed E-state index contributed by atoms with van der Waals surface area (Å²) in [6.07, 6.45) is 16.2. The van der Waals surface area contributed by atoms with Gasteiger partial charge in [-0.3, -0.25) is 0 Å². The van der Waals surface area contributed by atoms with Crippen LogP contribution in [0.3, 0.4) is 0 Å². The summed E-state index contributed by atoms with van der Waals surface area (Å²) >= 11 is 11.3. The Morgan fingerprint density at radius 2 is 1.14 bits per heavy atom. The molecule has 2 nitrogen and oxygen atoms in total. The van der Waals surface area contributed by atoms with Gasteiger partial charge in [-0.2, -0.15) is 0 Å². The molecular weight excluding hydrogens is 319 g/mol. The second-order valence-electron chi connectivity index (χ2n) is 6.01. The number of alkyl halides is 2. The Hall–Kier alpha value is 0.500. The van der Waals surface area contributed by atoms with E-state index in [0.717, 1.165) is 13.0 Å². The van der Waals surface area contributed by atoms with Crippen molar-refractivity contribution in [3.63, 3.8) is 0 Å². The topological polar surface area (TPSA) is 18.5 Å². The fourth-order valence-corrected chi connectivity index (χ4v) is 2.89. The van der Waals surface area contributed by atoms with Crippen LogP contribution in [0.15, 0.2) is 0 Å². The molecule has 0 aliphatic rings. The van der Waals surface area contributed by atoms with E-state index in [4.69, 9.17) is 32.7 Å². The summed E-state index contributed by atoms with van der Waals surface area (Å²) in [5.74, 6) is 0.844. The summed E-state index contributed by atoms with van der Waals surface area (Å²) in [7, 11) is 0. The minimum atomic E-state index is -0.0923. The molecule has 0 heterocycles. The van der Waals surface area contributed by atoms with E-state index in [2.05, 4.69) is 6.92 Å². The van der Waals surface area contributed by atoms with Crippen LogP contribution in [-0.2, 0) is 9.47 Å². The molecule has 0 spiro atoms. The Morgan fingerprint density at radius 3 is 1.59 bits per heavy atom. The Balaban J connectivity index is 3.02. The molecule has 0 aromatic carbocycles. The van der Waals surface area contributed by atoms with Crippen molar-refractivity contribution in [1.82, 2.24) is 0 Å². The third-order valence-electron chi connectivity index (χ3n) is 3.87. The van der Waals surface area contributed by atoms with Crippen LogP contribution in [0.2, 0.25) is 0 Å². The Kier molecular flexibility index (Phi) is 20.0. The fourth-order valence-electron chi connectivity index (χ4n) is 2.38. The number of hydrogen-bond acceptors (Lipinski definition) is 2. The summed E-state index contributed by atoms with van der Waals surface area (Å²) in [5, 5.41) is 0. The third-order valence-corrected chi connectivity index (χ3v) is 4.56. The van der Waals surface area contributed by atoms with Gasteiger partial charge in [0.1, 0.15) is 6.79 Å². The van der Waals surface area contributed by atoms with Crippen LogP contribution in [0.5, 0.6) is 0 Å². The Labute approximate surface area is 148 Å². The maximum Gasteiger partial charge on any atom is 0.147 e. The predicted molar refractivity (Wildman–Crippen MR) is 98.2 cm³/mol. The maximum absolute atomic E-state index is 5.67. The first-order chi connectivity index (χ1) is 10.8. The molecule has 0 rings (SSSR count). The van der Waals surface area contributed by atoms with E-state index in [9.17, 15) is 0 Å². The highest BCUT2D eigenvalue weighted by Crippen LogP contribution is 2.11. The van der Waals surface area contributed by atoms with Gasteiger partial charge in [0.05, 0.1) is 6.10 Å². The zero-order valence-corrected chi connectivity index (χ0v) is 16.0. The zero-order chi connectivity index (χ0) is 16.3. The zero-order valence-electron chi connectivity index (χ0n) is 14.5. The second-order valence-corrected chi connectivity index (χ2v) is 6.63. The van der Waals surface area contributed by atoms with Gasteiger partial charge in [-0.25, -0.2) is 0 Å². The lowest BCUT2D eigenvalue weighted by atomic mass is 10.1. The van der Waals surface area contributed by atoms with Gasteiger partial charge in [-0.1, -0.05) is 77.6 Å². The molecule has 0 N–H and O–H groups in total. The molecule has 0 radical (unpaired) electrons. The molecule has 0 aromatic heterocycles. The summed E-state index contributed by atoms with van der Waals surface area (Å²) in [4.78, 5) is 0. The third kappa shape index (κ3) is 16.9. The van der Waals surface area contributed by atoms with Crippen LogP contribution < -0.4 is 0 Å². The molecule has 0 atom stereocenters. The van der Waals surface area contributed by atoms with Crippen molar-refractivity contribution in [3.8, 4) is 0 Å². The van der Waals surface area contributed by atoms with Crippen LogP contribution in [0.1, 0.15) is 84.0 Å². The molecule has 22 heavy (non-hydrogen) atoms. The first-order valence-electron chi connectivity index (χ1n) is 9.16. The van der Waals surface area contributed by atoms with E-state index in [1.54, 1.807) is 0 Å². The highest BCUT2D eigenvalue weighted by atomic mass is 35.5. The summed E-state index contributed by atoms with van der Waals surface area (Å²) in [5.41, 5.74) is 0. The van der Waals surface area contributed by atoms with E-state index in [1.807, 2.05) is 0 Å². The quantitative estimate of drug-likeness (QED) is 0.158. The second kappa shape index (κ2) is 19.5. The highest BCUT2D eigenvalue weighted by molar-refractivity contribution is 6.21. The molecule has 0 bridgehead atoms. The molecule has 0 saturated carbocycles. The van der Waals surface area contributed by atoms with Crippen molar-refractivity contribution in [2.75, 3.05) is 25.2 Å². The van der Waals surface area contributed by atoms with Gasteiger partial charge in [0.15, 0.2) is 0 Å². The summed E-state index contributed by atoms with van der Waals surface area (Å²) in [6.45, 7) is 3.35. The molecule has 0 aliphatic heterocycles. The fraction of sp³-hybridized carbons (Fsp3) is 1.00. The molecule has 0 fully saturated rings. The van der Waals surface area contributed by atoms with E-state index in [1.165, 1.54) is 70.6 Å². The maximum atomic E-state index is 5.67. The number of rotatable bonds is 18. The molecule has 0 saturated heterocycles. The molecule has 0 amide bonds. The number of unbranched alkanes of at least 4 members (excludes halogenated alkanes) is 11. The molecule has 0 aromatic rings. The highest BCUT2D eigenvalue weighted by Gasteiger charge is 2.04. The predicted octanol–water partition coefficient (Wildman–Crippen LogP) is 6.52. The van der Waals surface area contributed by atoms with Crippen molar-refractivity contribution in [3.05, 3.63) is 0 Å². The normalized spacial score (nSPS) is 11.5. The minimum Gasteiger partial charge on any atom is -0.355 e. The minimum absolute atomic E-state index is 0.0923.